The lowest BCUT2D eigenvalue weighted by Crippen LogP contribution is -1.99. The molecule has 2 heterocycles. The molecule has 5 heteroatoms. The Morgan fingerprint density at radius 2 is 2.00 bits per heavy atom. The largest absolute Gasteiger partial charge is 0.487 e. The number of hydrogen-bond acceptors (Lipinski definition) is 4. The molecule has 0 saturated heterocycles. The van der Waals surface area contributed by atoms with Gasteiger partial charge in [-0.05, 0) is 12.1 Å². The Kier molecular flexibility index (Phi) is 3.12. The average molecular weight is 254 g/mol. The molecule has 2 N–H and O–H groups in total. The van der Waals surface area contributed by atoms with Crippen molar-refractivity contribution in [2.75, 3.05) is 0 Å². The van der Waals surface area contributed by atoms with Crippen molar-refractivity contribution < 1.29 is 4.74 Å². The van der Waals surface area contributed by atoms with Gasteiger partial charge >= 0.3 is 0 Å². The van der Waals surface area contributed by atoms with Crippen LogP contribution in [-0.2, 0) is 13.2 Å². The fourth-order valence-corrected chi connectivity index (χ4v) is 1.83. The summed E-state index contributed by atoms with van der Waals surface area (Å²) in [6, 6.07) is 11.6. The van der Waals surface area contributed by atoms with E-state index in [1.54, 1.807) is 6.33 Å². The van der Waals surface area contributed by atoms with Crippen LogP contribution >= 0.6 is 0 Å². The molecule has 96 valence electrons. The number of benzene rings is 1. The predicted octanol–water partition coefficient (Wildman–Crippen LogP) is 1.77. The smallest absolute Gasteiger partial charge is 0.140 e. The molecule has 0 amide bonds. The van der Waals surface area contributed by atoms with Gasteiger partial charge in [0.2, 0.25) is 0 Å². The maximum Gasteiger partial charge on any atom is 0.140 e. The summed E-state index contributed by atoms with van der Waals surface area (Å²) in [6.07, 6.45) is 3.61. The molecule has 0 bridgehead atoms. The van der Waals surface area contributed by atoms with E-state index in [0.29, 0.717) is 13.2 Å². The van der Waals surface area contributed by atoms with Crippen LogP contribution in [0.5, 0.6) is 5.75 Å². The Morgan fingerprint density at radius 3 is 2.79 bits per heavy atom. The van der Waals surface area contributed by atoms with Gasteiger partial charge in [-0.2, -0.15) is 0 Å². The molecular weight excluding hydrogens is 240 g/mol. The molecular formula is C14H14N4O. The zero-order valence-electron chi connectivity index (χ0n) is 10.4. The normalized spacial score (nSPS) is 10.8. The van der Waals surface area contributed by atoms with Gasteiger partial charge in [0.05, 0.1) is 11.4 Å². The van der Waals surface area contributed by atoms with Crippen LogP contribution in [0.2, 0.25) is 0 Å². The standard InChI is InChI=1S/C14H14N4O/c15-7-12-8-18-10-16-11(6-14(18)17-12)9-19-13-4-2-1-3-5-13/h1-6,8,10H,7,9,15H2. The van der Waals surface area contributed by atoms with Crippen molar-refractivity contribution in [2.24, 2.45) is 5.73 Å². The fourth-order valence-electron chi connectivity index (χ4n) is 1.83. The van der Waals surface area contributed by atoms with Crippen LogP contribution < -0.4 is 10.5 Å². The molecule has 3 aromatic rings. The molecule has 3 rings (SSSR count). The molecule has 0 aliphatic rings. The third kappa shape index (κ3) is 2.56. The van der Waals surface area contributed by atoms with E-state index in [9.17, 15) is 0 Å². The highest BCUT2D eigenvalue weighted by molar-refractivity contribution is 5.40. The molecule has 19 heavy (non-hydrogen) atoms. The summed E-state index contributed by atoms with van der Waals surface area (Å²) in [6.45, 7) is 0.850. The summed E-state index contributed by atoms with van der Waals surface area (Å²) in [5, 5.41) is 0. The van der Waals surface area contributed by atoms with Crippen molar-refractivity contribution in [3.8, 4) is 5.75 Å². The van der Waals surface area contributed by atoms with E-state index in [1.807, 2.05) is 47.0 Å². The fraction of sp³-hybridized carbons (Fsp3) is 0.143. The molecule has 2 aromatic heterocycles. The first-order chi connectivity index (χ1) is 9.35. The third-order valence-electron chi connectivity index (χ3n) is 2.79. The summed E-state index contributed by atoms with van der Waals surface area (Å²) in [4.78, 5) is 8.72. The first-order valence-corrected chi connectivity index (χ1v) is 6.05. The lowest BCUT2D eigenvalue weighted by Gasteiger charge is -2.05. The molecule has 0 aliphatic heterocycles. The molecule has 0 spiro atoms. The molecule has 1 aromatic carbocycles. The van der Waals surface area contributed by atoms with E-state index in [1.165, 1.54) is 0 Å². The Hall–Kier alpha value is -2.40. The van der Waals surface area contributed by atoms with Crippen molar-refractivity contribution in [1.29, 1.82) is 0 Å². The van der Waals surface area contributed by atoms with Crippen molar-refractivity contribution >= 4 is 5.65 Å². The highest BCUT2D eigenvalue weighted by Crippen LogP contribution is 2.12. The number of para-hydroxylation sites is 1. The van der Waals surface area contributed by atoms with Crippen LogP contribution in [0.1, 0.15) is 11.4 Å². The molecule has 0 aliphatic carbocycles. The monoisotopic (exact) mass is 254 g/mol. The number of imidazole rings is 1. The quantitative estimate of drug-likeness (QED) is 0.770. The van der Waals surface area contributed by atoms with Crippen LogP contribution in [0.4, 0.5) is 0 Å². The maximum absolute atomic E-state index is 5.65. The number of ether oxygens (including phenoxy) is 1. The molecule has 0 radical (unpaired) electrons. The number of rotatable bonds is 4. The molecule has 0 unspecified atom stereocenters. The van der Waals surface area contributed by atoms with Gasteiger partial charge in [0.1, 0.15) is 24.3 Å². The SMILES string of the molecule is NCc1cn2cnc(COc3ccccc3)cc2n1. The Bertz CT molecular complexity index is 678. The van der Waals surface area contributed by atoms with Gasteiger partial charge in [-0.1, -0.05) is 18.2 Å². The minimum Gasteiger partial charge on any atom is -0.487 e. The van der Waals surface area contributed by atoms with Crippen LogP contribution in [-0.4, -0.2) is 14.4 Å². The van der Waals surface area contributed by atoms with Gasteiger partial charge in [0.25, 0.3) is 0 Å². The van der Waals surface area contributed by atoms with Crippen molar-refractivity contribution in [3.05, 3.63) is 60.3 Å². The van der Waals surface area contributed by atoms with Crippen molar-refractivity contribution in [2.45, 2.75) is 13.2 Å². The van der Waals surface area contributed by atoms with Gasteiger partial charge in [-0.25, -0.2) is 9.97 Å². The summed E-state index contributed by atoms with van der Waals surface area (Å²) in [5.74, 6) is 0.829. The lowest BCUT2D eigenvalue weighted by molar-refractivity contribution is 0.301. The van der Waals surface area contributed by atoms with Gasteiger partial charge < -0.3 is 10.5 Å². The van der Waals surface area contributed by atoms with E-state index in [2.05, 4.69) is 9.97 Å². The van der Waals surface area contributed by atoms with Crippen LogP contribution in [0, 0.1) is 0 Å². The van der Waals surface area contributed by atoms with E-state index < -0.39 is 0 Å². The van der Waals surface area contributed by atoms with E-state index >= 15 is 0 Å². The molecule has 0 saturated carbocycles. The third-order valence-corrected chi connectivity index (χ3v) is 2.79. The topological polar surface area (TPSA) is 65.4 Å². The second-order valence-electron chi connectivity index (χ2n) is 4.18. The maximum atomic E-state index is 5.65. The first kappa shape index (κ1) is 11.7. The van der Waals surface area contributed by atoms with Crippen molar-refractivity contribution in [3.63, 3.8) is 0 Å². The Morgan fingerprint density at radius 1 is 1.16 bits per heavy atom. The van der Waals surface area contributed by atoms with Gasteiger partial charge in [0.15, 0.2) is 0 Å². The van der Waals surface area contributed by atoms with E-state index in [4.69, 9.17) is 10.5 Å². The number of nitrogens with zero attached hydrogens (tertiary/aromatic N) is 3. The first-order valence-electron chi connectivity index (χ1n) is 6.05. The minimum atomic E-state index is 0.422. The number of nitrogens with two attached hydrogens (primary N) is 1. The highest BCUT2D eigenvalue weighted by atomic mass is 16.5. The summed E-state index contributed by atoms with van der Waals surface area (Å²) < 4.78 is 7.51. The predicted molar refractivity (Wildman–Crippen MR) is 71.7 cm³/mol. The number of aromatic nitrogens is 3. The highest BCUT2D eigenvalue weighted by Gasteiger charge is 2.03. The minimum absolute atomic E-state index is 0.422. The summed E-state index contributed by atoms with van der Waals surface area (Å²) in [5.41, 5.74) is 8.09. The summed E-state index contributed by atoms with van der Waals surface area (Å²) >= 11 is 0. The second-order valence-corrected chi connectivity index (χ2v) is 4.18. The number of hydrogen-bond donors (Lipinski definition) is 1. The zero-order chi connectivity index (χ0) is 13.1. The zero-order valence-corrected chi connectivity index (χ0v) is 10.4. The molecule has 5 nitrogen and oxygen atoms in total. The average Bonchev–Trinajstić information content (AvgIpc) is 2.88. The Balaban J connectivity index is 1.78. The van der Waals surface area contributed by atoms with Crippen LogP contribution in [0.3, 0.4) is 0 Å². The number of fused-ring (bicyclic) bond motifs is 1. The Labute approximate surface area is 110 Å². The van der Waals surface area contributed by atoms with E-state index in [-0.39, 0.29) is 0 Å². The van der Waals surface area contributed by atoms with Crippen LogP contribution in [0.25, 0.3) is 5.65 Å². The van der Waals surface area contributed by atoms with Gasteiger partial charge in [-0.3, -0.25) is 4.40 Å². The molecule has 0 fully saturated rings. The van der Waals surface area contributed by atoms with Crippen LogP contribution in [0.15, 0.2) is 48.9 Å². The lowest BCUT2D eigenvalue weighted by atomic mass is 10.3. The van der Waals surface area contributed by atoms with E-state index in [0.717, 1.165) is 22.8 Å². The summed E-state index contributed by atoms with van der Waals surface area (Å²) in [7, 11) is 0. The van der Waals surface area contributed by atoms with Gasteiger partial charge in [-0.15, -0.1) is 0 Å². The molecule has 0 atom stereocenters. The van der Waals surface area contributed by atoms with Gasteiger partial charge in [0, 0.05) is 18.8 Å². The van der Waals surface area contributed by atoms with Crippen molar-refractivity contribution in [1.82, 2.24) is 14.4 Å². The second kappa shape index (κ2) is 5.07.